The van der Waals surface area contributed by atoms with Crippen molar-refractivity contribution in [2.24, 2.45) is 11.3 Å². The maximum atomic E-state index is 13.0. The van der Waals surface area contributed by atoms with E-state index in [1.54, 1.807) is 54.2 Å². The van der Waals surface area contributed by atoms with Crippen LogP contribution >= 0.6 is 0 Å². The predicted molar refractivity (Wildman–Crippen MR) is 158 cm³/mol. The number of amides is 1. The summed E-state index contributed by atoms with van der Waals surface area (Å²) in [5, 5.41) is 16.8. The molecule has 3 aliphatic rings. The fourth-order valence-electron chi connectivity index (χ4n) is 5.61. The Labute approximate surface area is 251 Å². The molecule has 1 N–H and O–H groups in total. The summed E-state index contributed by atoms with van der Waals surface area (Å²) in [6.07, 6.45) is 6.33. The number of anilines is 2. The highest BCUT2D eigenvalue weighted by Crippen LogP contribution is 2.70. The maximum Gasteiger partial charge on any atom is 0.229 e. The van der Waals surface area contributed by atoms with Gasteiger partial charge in [-0.25, -0.2) is 14.5 Å². The predicted octanol–water partition coefficient (Wildman–Crippen LogP) is 3.90. The van der Waals surface area contributed by atoms with Gasteiger partial charge in [0.15, 0.2) is 23.1 Å². The quantitative estimate of drug-likeness (QED) is 0.274. The van der Waals surface area contributed by atoms with E-state index in [-0.39, 0.29) is 47.0 Å². The molecular weight excluding hydrogens is 548 g/mol. The molecule has 12 heteroatoms. The minimum atomic E-state index is -2.57. The van der Waals surface area contributed by atoms with Gasteiger partial charge in [-0.1, -0.05) is 12.1 Å². The summed E-state index contributed by atoms with van der Waals surface area (Å²) < 4.78 is 43.1. The molecule has 43 heavy (non-hydrogen) atoms. The molecule has 8 rings (SSSR count). The van der Waals surface area contributed by atoms with Crippen LogP contribution in [0.4, 0.5) is 11.6 Å². The molecule has 2 saturated carbocycles. The molecule has 1 amide bonds. The lowest BCUT2D eigenvalue weighted by atomic mass is 10.1. The van der Waals surface area contributed by atoms with Crippen LogP contribution < -0.4 is 19.7 Å². The third-order valence-electron chi connectivity index (χ3n) is 8.47. The van der Waals surface area contributed by atoms with Crippen molar-refractivity contribution >= 4 is 34.1 Å². The molecule has 1 unspecified atom stereocenters. The second-order valence-corrected chi connectivity index (χ2v) is 11.4. The standard InChI is InChI=1S/C31H30N8O4/c1-38(14-18-3-5-19(41-2)6-4-18)29-27-22(11-25(35-36-27)33-30(40)24-12-31(24)9-10-31)23(13-32-29)28-34-26-8-7-20(15-39(26)37-28)43-21-16-42-17-21/h3-8,11,13,15,21,24H,9-10,12,14,16-17H2,1-2H3,(H,33,35,40)/i1D3. The van der Waals surface area contributed by atoms with Gasteiger partial charge in [0, 0.05) is 40.7 Å². The largest absolute Gasteiger partial charge is 0.497 e. The molecule has 0 radical (unpaired) electrons. The van der Waals surface area contributed by atoms with Gasteiger partial charge in [0.1, 0.15) is 23.1 Å². The third kappa shape index (κ3) is 4.77. The molecule has 3 fully saturated rings. The Morgan fingerprint density at radius 1 is 1.19 bits per heavy atom. The van der Waals surface area contributed by atoms with Gasteiger partial charge >= 0.3 is 0 Å². The molecule has 12 nitrogen and oxygen atoms in total. The Balaban J connectivity index is 1.20. The maximum absolute atomic E-state index is 13.0. The minimum Gasteiger partial charge on any atom is -0.497 e. The number of nitrogens with one attached hydrogen (secondary N) is 1. The number of benzene rings is 1. The fraction of sp³-hybridized carbons (Fsp3) is 0.355. The van der Waals surface area contributed by atoms with Crippen molar-refractivity contribution in [2.45, 2.75) is 31.9 Å². The van der Waals surface area contributed by atoms with Gasteiger partial charge < -0.3 is 24.4 Å². The van der Waals surface area contributed by atoms with Gasteiger partial charge in [-0.2, -0.15) is 0 Å². The number of pyridine rings is 2. The van der Waals surface area contributed by atoms with Crippen molar-refractivity contribution < 1.29 is 23.1 Å². The summed E-state index contributed by atoms with van der Waals surface area (Å²) in [6, 6.07) is 12.5. The van der Waals surface area contributed by atoms with Gasteiger partial charge in [0.2, 0.25) is 5.91 Å². The molecule has 5 heterocycles. The molecule has 2 aliphatic carbocycles. The summed E-state index contributed by atoms with van der Waals surface area (Å²) in [6.45, 7) is -1.47. The van der Waals surface area contributed by atoms with E-state index in [1.165, 1.54) is 11.1 Å². The van der Waals surface area contributed by atoms with E-state index in [9.17, 15) is 4.79 Å². The van der Waals surface area contributed by atoms with E-state index in [0.717, 1.165) is 24.8 Å². The average Bonchev–Trinajstić information content (AvgIpc) is 3.92. The minimum absolute atomic E-state index is 0.00199. The summed E-state index contributed by atoms with van der Waals surface area (Å²) in [5.74, 6) is 1.90. The van der Waals surface area contributed by atoms with Gasteiger partial charge in [0.05, 0.1) is 26.5 Å². The number of carbonyl (C=O) groups excluding carboxylic acids is 1. The lowest BCUT2D eigenvalue weighted by Gasteiger charge is -2.26. The molecule has 1 aliphatic heterocycles. The summed E-state index contributed by atoms with van der Waals surface area (Å²) in [7, 11) is 1.57. The molecule has 5 aromatic rings. The Kier molecular flexibility index (Phi) is 5.22. The normalized spacial score (nSPS) is 19.7. The van der Waals surface area contributed by atoms with E-state index in [0.29, 0.717) is 47.1 Å². The fourth-order valence-corrected chi connectivity index (χ4v) is 5.61. The molecule has 1 atom stereocenters. The third-order valence-corrected chi connectivity index (χ3v) is 8.47. The number of carbonyl (C=O) groups is 1. The number of rotatable bonds is 9. The number of nitrogens with zero attached hydrogens (tertiary/aromatic N) is 7. The summed E-state index contributed by atoms with van der Waals surface area (Å²) in [4.78, 5) is 23.5. The summed E-state index contributed by atoms with van der Waals surface area (Å²) >= 11 is 0. The van der Waals surface area contributed by atoms with Gasteiger partial charge in [0.25, 0.3) is 0 Å². The van der Waals surface area contributed by atoms with Gasteiger partial charge in [-0.3, -0.25) is 4.79 Å². The van der Waals surface area contributed by atoms with Gasteiger partial charge in [-0.15, -0.1) is 15.3 Å². The SMILES string of the molecule is [2H]C([2H])([2H])N(Cc1ccc(OC)cc1)c1ncc(-c2nc3ccc(OC4COC4)cn3n2)c2cc(NC(=O)C3CC34CC4)nnc12. The first kappa shape index (κ1) is 22.7. The number of hydrogen-bond acceptors (Lipinski definition) is 10. The van der Waals surface area contributed by atoms with Crippen molar-refractivity contribution in [3.05, 3.63) is 60.4 Å². The molecule has 0 bridgehead atoms. The number of aromatic nitrogens is 6. The number of hydrogen-bond donors (Lipinski definition) is 1. The smallest absolute Gasteiger partial charge is 0.229 e. The zero-order valence-electron chi connectivity index (χ0n) is 26.4. The van der Waals surface area contributed by atoms with E-state index in [1.807, 2.05) is 6.07 Å². The first-order valence-corrected chi connectivity index (χ1v) is 14.2. The van der Waals surface area contributed by atoms with Gasteiger partial charge in [-0.05, 0) is 60.6 Å². The van der Waals surface area contributed by atoms with Crippen LogP contribution in [0.3, 0.4) is 0 Å². The lowest BCUT2D eigenvalue weighted by molar-refractivity contribution is -0.117. The van der Waals surface area contributed by atoms with Crippen LogP contribution in [0, 0.1) is 11.3 Å². The molecular formula is C31H30N8O4. The van der Waals surface area contributed by atoms with Crippen LogP contribution in [0.15, 0.2) is 54.9 Å². The number of methoxy groups -OCH3 is 1. The average molecular weight is 582 g/mol. The van der Waals surface area contributed by atoms with Crippen LogP contribution in [0.25, 0.3) is 27.9 Å². The van der Waals surface area contributed by atoms with Crippen LogP contribution in [-0.2, 0) is 16.1 Å². The van der Waals surface area contributed by atoms with Crippen molar-refractivity contribution in [3.8, 4) is 22.9 Å². The Morgan fingerprint density at radius 2 is 2.02 bits per heavy atom. The Hall–Kier alpha value is -4.84. The van der Waals surface area contributed by atoms with Crippen LogP contribution in [0.1, 0.15) is 28.9 Å². The molecule has 4 aromatic heterocycles. The second kappa shape index (κ2) is 9.87. The van der Waals surface area contributed by atoms with E-state index < -0.39 is 6.98 Å². The highest BCUT2D eigenvalue weighted by atomic mass is 16.6. The highest BCUT2D eigenvalue weighted by Gasteiger charge is 2.65. The van der Waals surface area contributed by atoms with E-state index in [4.69, 9.17) is 28.4 Å². The molecule has 218 valence electrons. The van der Waals surface area contributed by atoms with Crippen molar-refractivity contribution in [3.63, 3.8) is 0 Å². The number of fused-ring (bicyclic) bond motifs is 2. The molecule has 1 spiro atoms. The topological polar surface area (TPSA) is 129 Å². The van der Waals surface area contributed by atoms with E-state index >= 15 is 0 Å². The monoisotopic (exact) mass is 581 g/mol. The molecule has 1 saturated heterocycles. The molecule has 1 aromatic carbocycles. The first-order valence-electron chi connectivity index (χ1n) is 15.7. The van der Waals surface area contributed by atoms with Crippen molar-refractivity contribution in [1.29, 1.82) is 0 Å². The van der Waals surface area contributed by atoms with Crippen molar-refractivity contribution in [2.75, 3.05) is 37.5 Å². The first-order chi connectivity index (χ1) is 22.2. The highest BCUT2D eigenvalue weighted by molar-refractivity contribution is 6.01. The van der Waals surface area contributed by atoms with E-state index in [2.05, 4.69) is 20.5 Å². The second-order valence-electron chi connectivity index (χ2n) is 11.4. The Morgan fingerprint density at radius 3 is 2.74 bits per heavy atom. The lowest BCUT2D eigenvalue weighted by Crippen LogP contribution is -2.38. The Bertz CT molecular complexity index is 1980. The zero-order valence-corrected chi connectivity index (χ0v) is 23.4. The number of ether oxygens (including phenoxy) is 3. The summed E-state index contributed by atoms with van der Waals surface area (Å²) in [5.41, 5.74) is 2.22. The van der Waals surface area contributed by atoms with Crippen LogP contribution in [-0.4, -0.2) is 69.1 Å². The van der Waals surface area contributed by atoms with Crippen molar-refractivity contribution in [1.82, 2.24) is 29.8 Å². The van der Waals surface area contributed by atoms with Crippen LogP contribution in [0.2, 0.25) is 0 Å². The zero-order chi connectivity index (χ0) is 31.6. The van der Waals surface area contributed by atoms with Crippen LogP contribution in [0.5, 0.6) is 11.5 Å².